The lowest BCUT2D eigenvalue weighted by Crippen LogP contribution is -2.04. The summed E-state index contributed by atoms with van der Waals surface area (Å²) in [4.78, 5) is 0. The van der Waals surface area contributed by atoms with E-state index in [-0.39, 0.29) is 0 Å². The van der Waals surface area contributed by atoms with Crippen LogP contribution in [0.15, 0.2) is 46.6 Å². The summed E-state index contributed by atoms with van der Waals surface area (Å²) >= 11 is 6.44. The molecule has 0 N–H and O–H groups in total. The number of allylic oxidation sites excluding steroid dienone is 4. The zero-order valence-electron chi connectivity index (χ0n) is 18.7. The molecule has 28 heavy (non-hydrogen) atoms. The van der Waals surface area contributed by atoms with Crippen LogP contribution in [-0.2, 0) is 0 Å². The van der Waals surface area contributed by atoms with Gasteiger partial charge < -0.3 is 0 Å². The minimum atomic E-state index is 0.482. The monoisotopic (exact) mass is 400 g/mol. The highest BCUT2D eigenvalue weighted by Crippen LogP contribution is 2.50. The van der Waals surface area contributed by atoms with Gasteiger partial charge in [-0.2, -0.15) is 0 Å². The van der Waals surface area contributed by atoms with Crippen molar-refractivity contribution in [3.05, 3.63) is 57.1 Å². The van der Waals surface area contributed by atoms with Crippen molar-refractivity contribution < 1.29 is 0 Å². The molecule has 0 radical (unpaired) electrons. The summed E-state index contributed by atoms with van der Waals surface area (Å²) < 4.78 is 0. The fourth-order valence-corrected chi connectivity index (χ4v) is 4.89. The first-order valence-corrected chi connectivity index (χ1v) is 12.2. The minimum Gasteiger partial charge on any atom is -0.0843 e. The Bertz CT molecular complexity index is 629. The second-order valence-corrected chi connectivity index (χ2v) is 8.85. The average Bonchev–Trinajstić information content (AvgIpc) is 2.99. The summed E-state index contributed by atoms with van der Waals surface area (Å²) in [7, 11) is 0. The Morgan fingerprint density at radius 2 is 1.14 bits per heavy atom. The van der Waals surface area contributed by atoms with Crippen LogP contribution >= 0.6 is 11.6 Å². The van der Waals surface area contributed by atoms with Gasteiger partial charge in [0.25, 0.3) is 0 Å². The second-order valence-electron chi connectivity index (χ2n) is 8.41. The maximum Gasteiger partial charge on any atom is 0.0409 e. The van der Waals surface area contributed by atoms with Crippen molar-refractivity contribution in [2.75, 3.05) is 0 Å². The van der Waals surface area contributed by atoms with Crippen LogP contribution in [0.4, 0.5) is 0 Å². The number of hydrogen-bond acceptors (Lipinski definition) is 0. The highest BCUT2D eigenvalue weighted by Gasteiger charge is 2.33. The molecule has 1 aromatic carbocycles. The van der Waals surface area contributed by atoms with Gasteiger partial charge in [0, 0.05) is 10.9 Å². The number of benzene rings is 1. The van der Waals surface area contributed by atoms with Crippen LogP contribution in [0.3, 0.4) is 0 Å². The van der Waals surface area contributed by atoms with Crippen molar-refractivity contribution in [1.29, 1.82) is 0 Å². The molecule has 0 heterocycles. The van der Waals surface area contributed by atoms with E-state index < -0.39 is 0 Å². The summed E-state index contributed by atoms with van der Waals surface area (Å²) in [6.45, 7) is 9.28. The third-order valence-corrected chi connectivity index (χ3v) is 6.41. The van der Waals surface area contributed by atoms with Crippen molar-refractivity contribution in [1.82, 2.24) is 0 Å². The molecular formula is C27H41Cl. The average molecular weight is 401 g/mol. The summed E-state index contributed by atoms with van der Waals surface area (Å²) in [5.41, 5.74) is 8.36. The van der Waals surface area contributed by atoms with E-state index in [1.807, 2.05) is 6.07 Å². The van der Waals surface area contributed by atoms with Crippen LogP contribution < -0.4 is 0 Å². The van der Waals surface area contributed by atoms with E-state index >= 15 is 0 Å². The van der Waals surface area contributed by atoms with E-state index in [2.05, 4.69) is 45.9 Å². The quantitative estimate of drug-likeness (QED) is 0.309. The lowest BCUT2D eigenvalue weighted by atomic mass is 9.83. The van der Waals surface area contributed by atoms with Gasteiger partial charge in [-0.1, -0.05) is 88.3 Å². The maximum absolute atomic E-state index is 6.44. The molecule has 1 heteroatoms. The largest absolute Gasteiger partial charge is 0.0843 e. The predicted octanol–water partition coefficient (Wildman–Crippen LogP) is 9.79. The third kappa shape index (κ3) is 5.99. The molecule has 156 valence electrons. The van der Waals surface area contributed by atoms with Gasteiger partial charge >= 0.3 is 0 Å². The molecule has 1 aromatic rings. The Morgan fingerprint density at radius 3 is 1.57 bits per heavy atom. The van der Waals surface area contributed by atoms with Crippen LogP contribution in [0, 0.1) is 0 Å². The summed E-state index contributed by atoms with van der Waals surface area (Å²) in [6, 6.07) is 8.70. The fourth-order valence-electron chi connectivity index (χ4n) is 4.69. The van der Waals surface area contributed by atoms with E-state index in [9.17, 15) is 0 Å². The van der Waals surface area contributed by atoms with Crippen molar-refractivity contribution in [2.24, 2.45) is 0 Å². The Hall–Kier alpha value is -1.01. The predicted molar refractivity (Wildman–Crippen MR) is 126 cm³/mol. The highest BCUT2D eigenvalue weighted by molar-refractivity contribution is 6.30. The van der Waals surface area contributed by atoms with Crippen molar-refractivity contribution >= 4 is 11.6 Å². The zero-order chi connectivity index (χ0) is 20.4. The second kappa shape index (κ2) is 12.5. The van der Waals surface area contributed by atoms with E-state index in [1.165, 1.54) is 82.6 Å². The Kier molecular flexibility index (Phi) is 10.4. The molecule has 2 rings (SSSR count). The fraction of sp³-hybridized carbons (Fsp3) is 0.630. The molecule has 0 atom stereocenters. The standard InChI is InChI=1S/C27H41Cl/c1-5-9-16-23-24(17-10-6-2)26(19-12-8-4)27(25(23)18-11-7-3)21-14-13-15-22(28)20-21/h13-15,20,27H,5-12,16-19H2,1-4H3. The van der Waals surface area contributed by atoms with E-state index in [0.717, 1.165) is 5.02 Å². The Labute approximate surface area is 179 Å². The molecule has 0 aliphatic heterocycles. The summed E-state index contributed by atoms with van der Waals surface area (Å²) in [5.74, 6) is 0.482. The number of unbranched alkanes of at least 4 members (excludes halogenated alkanes) is 4. The molecule has 0 aromatic heterocycles. The molecule has 0 bridgehead atoms. The SMILES string of the molecule is CCCCC1=C(CCCC)C(c2cccc(Cl)c2)C(CCCC)=C1CCCC. The molecule has 0 saturated carbocycles. The van der Waals surface area contributed by atoms with Crippen LogP contribution in [0.25, 0.3) is 0 Å². The van der Waals surface area contributed by atoms with Crippen LogP contribution in [0.2, 0.25) is 5.02 Å². The van der Waals surface area contributed by atoms with Crippen molar-refractivity contribution in [3.63, 3.8) is 0 Å². The molecule has 0 nitrogen and oxygen atoms in total. The first-order chi connectivity index (χ1) is 13.7. The molecule has 0 saturated heterocycles. The van der Waals surface area contributed by atoms with Crippen molar-refractivity contribution in [2.45, 2.75) is 111 Å². The Morgan fingerprint density at radius 1 is 0.679 bits per heavy atom. The number of hydrogen-bond donors (Lipinski definition) is 0. The molecular weight excluding hydrogens is 360 g/mol. The zero-order valence-corrected chi connectivity index (χ0v) is 19.5. The number of rotatable bonds is 13. The Balaban J connectivity index is 2.56. The lowest BCUT2D eigenvalue weighted by molar-refractivity contribution is 0.699. The topological polar surface area (TPSA) is 0 Å². The van der Waals surface area contributed by atoms with Gasteiger partial charge in [0.2, 0.25) is 0 Å². The number of halogens is 1. The van der Waals surface area contributed by atoms with E-state index in [1.54, 1.807) is 22.3 Å². The van der Waals surface area contributed by atoms with E-state index in [4.69, 9.17) is 11.6 Å². The van der Waals surface area contributed by atoms with Gasteiger partial charge in [-0.3, -0.25) is 0 Å². The van der Waals surface area contributed by atoms with Crippen molar-refractivity contribution in [3.8, 4) is 0 Å². The third-order valence-electron chi connectivity index (χ3n) is 6.18. The van der Waals surface area contributed by atoms with Gasteiger partial charge in [-0.15, -0.1) is 0 Å². The van der Waals surface area contributed by atoms with Gasteiger partial charge in [0.1, 0.15) is 0 Å². The molecule has 0 spiro atoms. The van der Waals surface area contributed by atoms with Crippen LogP contribution in [0.1, 0.15) is 116 Å². The van der Waals surface area contributed by atoms with E-state index in [0.29, 0.717) is 5.92 Å². The molecule has 0 fully saturated rings. The normalized spacial score (nSPS) is 15.2. The lowest BCUT2D eigenvalue weighted by Gasteiger charge is -2.21. The van der Waals surface area contributed by atoms with Gasteiger partial charge in [0.05, 0.1) is 0 Å². The maximum atomic E-state index is 6.44. The highest BCUT2D eigenvalue weighted by atomic mass is 35.5. The summed E-state index contributed by atoms with van der Waals surface area (Å²) in [6.07, 6.45) is 15.3. The smallest absolute Gasteiger partial charge is 0.0409 e. The van der Waals surface area contributed by atoms with Crippen LogP contribution in [0.5, 0.6) is 0 Å². The first-order valence-electron chi connectivity index (χ1n) is 11.9. The molecule has 0 unspecified atom stereocenters. The molecule has 1 aliphatic carbocycles. The van der Waals surface area contributed by atoms with Gasteiger partial charge in [-0.25, -0.2) is 0 Å². The molecule has 0 amide bonds. The summed E-state index contributed by atoms with van der Waals surface area (Å²) in [5, 5.41) is 0.874. The van der Waals surface area contributed by atoms with Gasteiger partial charge in [0.15, 0.2) is 0 Å². The van der Waals surface area contributed by atoms with Gasteiger partial charge in [-0.05, 0) is 80.2 Å². The first kappa shape index (κ1) is 23.3. The van der Waals surface area contributed by atoms with Crippen LogP contribution in [-0.4, -0.2) is 0 Å². The minimum absolute atomic E-state index is 0.482. The molecule has 1 aliphatic rings.